The predicted octanol–water partition coefficient (Wildman–Crippen LogP) is 4.08. The van der Waals surface area contributed by atoms with E-state index in [1.54, 1.807) is 12.1 Å². The van der Waals surface area contributed by atoms with E-state index in [2.05, 4.69) is 17.4 Å². The highest BCUT2D eigenvalue weighted by Gasteiger charge is 2.44. The summed E-state index contributed by atoms with van der Waals surface area (Å²) in [7, 11) is 0. The Morgan fingerprint density at radius 2 is 1.90 bits per heavy atom. The molecule has 21 heavy (non-hydrogen) atoms. The van der Waals surface area contributed by atoms with E-state index >= 15 is 0 Å². The Morgan fingerprint density at radius 3 is 2.62 bits per heavy atom. The fourth-order valence-corrected chi connectivity index (χ4v) is 3.64. The molecule has 0 spiro atoms. The van der Waals surface area contributed by atoms with Crippen LogP contribution in [0.1, 0.15) is 24.3 Å². The van der Waals surface area contributed by atoms with E-state index in [1.165, 1.54) is 30.5 Å². The molecule has 2 aromatic carbocycles. The molecule has 2 nitrogen and oxygen atoms in total. The summed E-state index contributed by atoms with van der Waals surface area (Å²) >= 11 is 0. The predicted molar refractivity (Wildman–Crippen MR) is 80.2 cm³/mol. The highest BCUT2D eigenvalue weighted by atomic mass is 19.1. The third-order valence-electron chi connectivity index (χ3n) is 4.71. The van der Waals surface area contributed by atoms with Crippen LogP contribution in [0, 0.1) is 11.7 Å². The molecule has 1 N–H and O–H groups in total. The van der Waals surface area contributed by atoms with Gasteiger partial charge in [-0.05, 0) is 67.3 Å². The third kappa shape index (κ3) is 2.42. The van der Waals surface area contributed by atoms with Crippen LogP contribution in [-0.4, -0.2) is 12.6 Å². The number of halogens is 1. The van der Waals surface area contributed by atoms with Crippen molar-refractivity contribution in [3.8, 4) is 11.5 Å². The number of piperidine rings is 2. The summed E-state index contributed by atoms with van der Waals surface area (Å²) in [5, 5.41) is 3.59. The van der Waals surface area contributed by atoms with E-state index in [0.29, 0.717) is 17.7 Å². The van der Waals surface area contributed by atoms with E-state index in [9.17, 15) is 4.39 Å². The maximum atomic E-state index is 12.9. The summed E-state index contributed by atoms with van der Waals surface area (Å²) in [5.41, 5.74) is 1.35. The monoisotopic (exact) mass is 283 g/mol. The smallest absolute Gasteiger partial charge is 0.127 e. The van der Waals surface area contributed by atoms with Gasteiger partial charge < -0.3 is 10.1 Å². The second-order valence-electron chi connectivity index (χ2n) is 6.00. The maximum absolute atomic E-state index is 12.9. The molecular formula is C18H18FNO. The summed E-state index contributed by atoms with van der Waals surface area (Å²) in [5.74, 6) is 2.68. The minimum atomic E-state index is -0.246. The highest BCUT2D eigenvalue weighted by Crippen LogP contribution is 2.47. The molecule has 2 aliphatic rings. The quantitative estimate of drug-likeness (QED) is 0.916. The zero-order valence-corrected chi connectivity index (χ0v) is 11.8. The summed E-state index contributed by atoms with van der Waals surface area (Å²) in [4.78, 5) is 0. The van der Waals surface area contributed by atoms with Gasteiger partial charge in [0.1, 0.15) is 17.3 Å². The van der Waals surface area contributed by atoms with Gasteiger partial charge in [-0.15, -0.1) is 0 Å². The fraction of sp³-hybridized carbons (Fsp3) is 0.333. The first kappa shape index (κ1) is 12.8. The van der Waals surface area contributed by atoms with Crippen molar-refractivity contribution < 1.29 is 9.13 Å². The molecule has 0 amide bonds. The van der Waals surface area contributed by atoms with Crippen LogP contribution in [0.15, 0.2) is 48.5 Å². The molecule has 3 unspecified atom stereocenters. The molecule has 4 rings (SSSR count). The second kappa shape index (κ2) is 5.15. The molecule has 1 saturated heterocycles. The number of ether oxygens (including phenoxy) is 1. The number of hydrogen-bond acceptors (Lipinski definition) is 2. The topological polar surface area (TPSA) is 21.3 Å². The molecule has 1 saturated carbocycles. The second-order valence-corrected chi connectivity index (χ2v) is 6.00. The van der Waals surface area contributed by atoms with Crippen molar-refractivity contribution in [2.24, 2.45) is 5.92 Å². The molecule has 0 radical (unpaired) electrons. The van der Waals surface area contributed by atoms with Crippen LogP contribution in [-0.2, 0) is 0 Å². The molecule has 1 heterocycles. The van der Waals surface area contributed by atoms with Gasteiger partial charge in [0.15, 0.2) is 0 Å². The van der Waals surface area contributed by atoms with Crippen LogP contribution in [0.5, 0.6) is 11.5 Å². The van der Waals surface area contributed by atoms with E-state index < -0.39 is 0 Å². The van der Waals surface area contributed by atoms with Crippen LogP contribution < -0.4 is 10.1 Å². The summed E-state index contributed by atoms with van der Waals surface area (Å²) < 4.78 is 18.7. The Bertz CT molecular complexity index is 626. The Balaban J connectivity index is 1.54. The molecule has 1 aliphatic carbocycles. The number of benzene rings is 2. The molecule has 2 fully saturated rings. The van der Waals surface area contributed by atoms with E-state index in [1.807, 2.05) is 12.1 Å². The number of nitrogens with one attached hydrogen (secondary N) is 1. The maximum Gasteiger partial charge on any atom is 0.127 e. The summed E-state index contributed by atoms with van der Waals surface area (Å²) in [6, 6.07) is 15.1. The van der Waals surface area contributed by atoms with E-state index in [-0.39, 0.29) is 5.82 Å². The van der Waals surface area contributed by atoms with Crippen LogP contribution in [0.3, 0.4) is 0 Å². The van der Waals surface area contributed by atoms with Gasteiger partial charge in [0.2, 0.25) is 0 Å². The Labute approximate surface area is 123 Å². The van der Waals surface area contributed by atoms with Gasteiger partial charge in [-0.1, -0.05) is 12.1 Å². The summed E-state index contributed by atoms with van der Waals surface area (Å²) in [6.07, 6.45) is 2.57. The number of hydrogen-bond donors (Lipinski definition) is 1. The lowest BCUT2D eigenvalue weighted by molar-refractivity contribution is 0.115. The fourth-order valence-electron chi connectivity index (χ4n) is 3.64. The largest absolute Gasteiger partial charge is 0.457 e. The first-order chi connectivity index (χ1) is 10.3. The minimum Gasteiger partial charge on any atom is -0.457 e. The molecule has 2 bridgehead atoms. The van der Waals surface area contributed by atoms with Crippen molar-refractivity contribution in [2.45, 2.75) is 24.8 Å². The van der Waals surface area contributed by atoms with Gasteiger partial charge in [-0.2, -0.15) is 0 Å². The van der Waals surface area contributed by atoms with Crippen LogP contribution >= 0.6 is 0 Å². The molecule has 108 valence electrons. The normalized spacial score (nSPS) is 27.0. The zero-order valence-electron chi connectivity index (χ0n) is 11.8. The van der Waals surface area contributed by atoms with Crippen LogP contribution in [0.4, 0.5) is 4.39 Å². The van der Waals surface area contributed by atoms with Gasteiger partial charge in [0, 0.05) is 12.0 Å². The Kier molecular flexibility index (Phi) is 3.15. The average Bonchev–Trinajstić information content (AvgIpc) is 2.51. The van der Waals surface area contributed by atoms with Crippen LogP contribution in [0.2, 0.25) is 0 Å². The Morgan fingerprint density at radius 1 is 1.05 bits per heavy atom. The molecular weight excluding hydrogens is 265 g/mol. The van der Waals surface area contributed by atoms with Crippen molar-refractivity contribution in [1.29, 1.82) is 0 Å². The van der Waals surface area contributed by atoms with E-state index in [4.69, 9.17) is 4.74 Å². The molecule has 3 atom stereocenters. The lowest BCUT2D eigenvalue weighted by atomic mass is 9.62. The first-order valence-corrected chi connectivity index (χ1v) is 7.56. The first-order valence-electron chi connectivity index (χ1n) is 7.56. The van der Waals surface area contributed by atoms with Crippen molar-refractivity contribution in [2.75, 3.05) is 6.54 Å². The van der Waals surface area contributed by atoms with Gasteiger partial charge in [-0.3, -0.25) is 0 Å². The lowest BCUT2D eigenvalue weighted by Crippen LogP contribution is -2.54. The van der Waals surface area contributed by atoms with Gasteiger partial charge in [0.25, 0.3) is 0 Å². The molecule has 0 aromatic heterocycles. The minimum absolute atomic E-state index is 0.246. The highest BCUT2D eigenvalue weighted by molar-refractivity contribution is 5.37. The van der Waals surface area contributed by atoms with Gasteiger partial charge >= 0.3 is 0 Å². The molecule has 3 heteroatoms. The van der Waals surface area contributed by atoms with Crippen molar-refractivity contribution >= 4 is 0 Å². The van der Waals surface area contributed by atoms with Crippen molar-refractivity contribution in [1.82, 2.24) is 5.32 Å². The summed E-state index contributed by atoms with van der Waals surface area (Å²) in [6.45, 7) is 1.15. The third-order valence-corrected chi connectivity index (χ3v) is 4.71. The molecule has 1 aliphatic heterocycles. The van der Waals surface area contributed by atoms with Crippen molar-refractivity contribution in [3.05, 3.63) is 59.9 Å². The van der Waals surface area contributed by atoms with Crippen LogP contribution in [0.25, 0.3) is 0 Å². The standard InChI is InChI=1S/C18H18FNO/c19-14-4-6-15(7-5-14)21-16-3-1-2-12(10-16)18-13-8-9-20-17(18)11-13/h1-7,10,13,17-18,20H,8-9,11H2. The Hall–Kier alpha value is -1.87. The zero-order chi connectivity index (χ0) is 14.2. The van der Waals surface area contributed by atoms with Crippen molar-refractivity contribution in [3.63, 3.8) is 0 Å². The number of fused-ring (bicyclic) bond motifs is 2. The lowest BCUT2D eigenvalue weighted by Gasteiger charge is -2.50. The molecule has 2 aromatic rings. The number of rotatable bonds is 3. The van der Waals surface area contributed by atoms with Gasteiger partial charge in [-0.25, -0.2) is 4.39 Å². The SMILES string of the molecule is Fc1ccc(Oc2cccc(C3C4CCNC3C4)c2)cc1. The van der Waals surface area contributed by atoms with E-state index in [0.717, 1.165) is 18.2 Å². The average molecular weight is 283 g/mol. The van der Waals surface area contributed by atoms with Gasteiger partial charge in [0.05, 0.1) is 0 Å².